The number of carbonyl (C=O) groups excluding carboxylic acids is 1. The molecule has 0 saturated heterocycles. The van der Waals surface area contributed by atoms with Gasteiger partial charge in [-0.25, -0.2) is 9.97 Å². The first-order valence-electron chi connectivity index (χ1n) is 8.85. The van der Waals surface area contributed by atoms with E-state index in [1.807, 2.05) is 47.0 Å². The number of methoxy groups -OCH3 is 1. The fourth-order valence-corrected chi connectivity index (χ4v) is 2.81. The number of aromatic nitrogens is 4. The second-order valence-electron chi connectivity index (χ2n) is 6.18. The summed E-state index contributed by atoms with van der Waals surface area (Å²) in [7, 11) is 3.49. The van der Waals surface area contributed by atoms with Crippen molar-refractivity contribution in [2.75, 3.05) is 13.7 Å². The summed E-state index contributed by atoms with van der Waals surface area (Å²) >= 11 is 0. The Hall–Kier alpha value is -3.22. The van der Waals surface area contributed by atoms with Gasteiger partial charge in [-0.05, 0) is 18.6 Å². The van der Waals surface area contributed by atoms with Crippen LogP contribution in [0.15, 0.2) is 48.9 Å². The van der Waals surface area contributed by atoms with Crippen LogP contribution in [0.25, 0.3) is 11.4 Å². The minimum atomic E-state index is -0.0374. The number of imidazole rings is 1. The van der Waals surface area contributed by atoms with Crippen molar-refractivity contribution >= 4 is 5.91 Å². The summed E-state index contributed by atoms with van der Waals surface area (Å²) < 4.78 is 7.09. The Kier molecular flexibility index (Phi) is 5.80. The first-order chi connectivity index (χ1) is 13.1. The highest BCUT2D eigenvalue weighted by Gasteiger charge is 2.18. The number of hydrogen-bond donors (Lipinski definition) is 0. The van der Waals surface area contributed by atoms with Crippen LogP contribution < -0.4 is 4.74 Å². The average Bonchev–Trinajstić information content (AvgIpc) is 3.11. The minimum Gasteiger partial charge on any atom is -0.481 e. The fourth-order valence-electron chi connectivity index (χ4n) is 2.81. The van der Waals surface area contributed by atoms with Gasteiger partial charge in [0, 0.05) is 49.4 Å². The van der Waals surface area contributed by atoms with E-state index in [9.17, 15) is 4.79 Å². The molecule has 0 aliphatic carbocycles. The summed E-state index contributed by atoms with van der Waals surface area (Å²) in [6.07, 6.45) is 6.13. The first kappa shape index (κ1) is 18.6. The smallest absolute Gasteiger partial charge is 0.254 e. The van der Waals surface area contributed by atoms with Crippen LogP contribution in [-0.4, -0.2) is 44.0 Å². The van der Waals surface area contributed by atoms with E-state index in [4.69, 9.17) is 4.74 Å². The molecule has 0 fully saturated rings. The average molecular weight is 365 g/mol. The van der Waals surface area contributed by atoms with Crippen LogP contribution in [0, 0.1) is 0 Å². The lowest BCUT2D eigenvalue weighted by atomic mass is 10.1. The first-order valence-corrected chi connectivity index (χ1v) is 8.85. The number of rotatable bonds is 7. The third-order valence-electron chi connectivity index (χ3n) is 4.24. The van der Waals surface area contributed by atoms with Gasteiger partial charge in [-0.2, -0.15) is 4.98 Å². The van der Waals surface area contributed by atoms with Crippen molar-refractivity contribution in [2.45, 2.75) is 19.9 Å². The number of nitrogens with zero attached hydrogens (tertiary/aromatic N) is 5. The van der Waals surface area contributed by atoms with Crippen LogP contribution in [0.5, 0.6) is 5.88 Å². The van der Waals surface area contributed by atoms with E-state index in [2.05, 4.69) is 21.9 Å². The van der Waals surface area contributed by atoms with Gasteiger partial charge in [-0.1, -0.05) is 19.1 Å². The summed E-state index contributed by atoms with van der Waals surface area (Å²) in [4.78, 5) is 27.9. The Morgan fingerprint density at radius 1 is 1.22 bits per heavy atom. The Bertz CT molecular complexity index is 922. The molecule has 1 amide bonds. The summed E-state index contributed by atoms with van der Waals surface area (Å²) in [5, 5.41) is 0. The molecule has 2 heterocycles. The zero-order valence-corrected chi connectivity index (χ0v) is 15.8. The molecule has 0 aliphatic heterocycles. The van der Waals surface area contributed by atoms with Crippen molar-refractivity contribution in [3.63, 3.8) is 0 Å². The van der Waals surface area contributed by atoms with Crippen LogP contribution in [0.4, 0.5) is 0 Å². The summed E-state index contributed by atoms with van der Waals surface area (Å²) in [5.41, 5.74) is 1.37. The number of benzene rings is 1. The predicted molar refractivity (Wildman–Crippen MR) is 102 cm³/mol. The standard InChI is InChI=1S/C20H23N5O2/c1-4-11-25(14-17-21-10-12-24(17)2)20(26)16-7-5-6-15(13-16)19-22-9-8-18(23-19)27-3/h5-10,12-13H,4,11,14H2,1-3H3. The van der Waals surface area contributed by atoms with Crippen LogP contribution in [0.1, 0.15) is 29.5 Å². The molecule has 0 radical (unpaired) electrons. The molecule has 3 aromatic rings. The van der Waals surface area contributed by atoms with Crippen molar-refractivity contribution in [3.05, 3.63) is 60.3 Å². The summed E-state index contributed by atoms with van der Waals surface area (Å²) in [6, 6.07) is 9.05. The normalized spacial score (nSPS) is 10.6. The van der Waals surface area contributed by atoms with E-state index in [-0.39, 0.29) is 5.91 Å². The van der Waals surface area contributed by atoms with Gasteiger partial charge in [0.2, 0.25) is 5.88 Å². The van der Waals surface area contributed by atoms with Gasteiger partial charge in [0.15, 0.2) is 5.82 Å². The predicted octanol–water partition coefficient (Wildman–Crippen LogP) is 2.94. The maximum Gasteiger partial charge on any atom is 0.254 e. The van der Waals surface area contributed by atoms with E-state index in [1.54, 1.807) is 25.6 Å². The van der Waals surface area contributed by atoms with Crippen LogP contribution in [0.2, 0.25) is 0 Å². The highest BCUT2D eigenvalue weighted by molar-refractivity contribution is 5.95. The van der Waals surface area contributed by atoms with Gasteiger partial charge >= 0.3 is 0 Å². The largest absolute Gasteiger partial charge is 0.481 e. The third-order valence-corrected chi connectivity index (χ3v) is 4.24. The Balaban J connectivity index is 1.87. The molecule has 7 nitrogen and oxygen atoms in total. The molecule has 7 heteroatoms. The quantitative estimate of drug-likeness (QED) is 0.644. The van der Waals surface area contributed by atoms with E-state index >= 15 is 0 Å². The lowest BCUT2D eigenvalue weighted by molar-refractivity contribution is 0.0737. The van der Waals surface area contributed by atoms with Crippen molar-refractivity contribution in [1.82, 2.24) is 24.4 Å². The number of carbonyl (C=O) groups is 1. The second kappa shape index (κ2) is 8.44. The zero-order valence-electron chi connectivity index (χ0n) is 15.8. The highest BCUT2D eigenvalue weighted by Crippen LogP contribution is 2.20. The fraction of sp³-hybridized carbons (Fsp3) is 0.300. The van der Waals surface area contributed by atoms with E-state index in [0.717, 1.165) is 17.8 Å². The molecule has 0 atom stereocenters. The molecule has 0 aliphatic rings. The molecule has 0 unspecified atom stereocenters. The molecule has 2 aromatic heterocycles. The second-order valence-corrected chi connectivity index (χ2v) is 6.18. The van der Waals surface area contributed by atoms with Gasteiger partial charge in [0.25, 0.3) is 5.91 Å². The topological polar surface area (TPSA) is 73.1 Å². The van der Waals surface area contributed by atoms with Gasteiger partial charge < -0.3 is 14.2 Å². The van der Waals surface area contributed by atoms with Crippen LogP contribution in [-0.2, 0) is 13.6 Å². The van der Waals surface area contributed by atoms with Crippen molar-refractivity contribution < 1.29 is 9.53 Å². The molecule has 3 rings (SSSR count). The molecular formula is C20H23N5O2. The molecule has 0 bridgehead atoms. The molecule has 27 heavy (non-hydrogen) atoms. The van der Waals surface area contributed by atoms with Gasteiger partial charge in [0.1, 0.15) is 5.82 Å². The number of amides is 1. The monoisotopic (exact) mass is 365 g/mol. The van der Waals surface area contributed by atoms with Crippen molar-refractivity contribution in [3.8, 4) is 17.3 Å². The van der Waals surface area contributed by atoms with E-state index < -0.39 is 0 Å². The molecule has 0 saturated carbocycles. The number of hydrogen-bond acceptors (Lipinski definition) is 5. The molecule has 0 spiro atoms. The van der Waals surface area contributed by atoms with Crippen molar-refractivity contribution in [2.24, 2.45) is 7.05 Å². The van der Waals surface area contributed by atoms with Crippen molar-refractivity contribution in [1.29, 1.82) is 0 Å². The van der Waals surface area contributed by atoms with Gasteiger partial charge in [-0.3, -0.25) is 4.79 Å². The minimum absolute atomic E-state index is 0.0374. The van der Waals surface area contributed by atoms with Crippen LogP contribution >= 0.6 is 0 Å². The maximum absolute atomic E-state index is 13.1. The maximum atomic E-state index is 13.1. The van der Waals surface area contributed by atoms with E-state index in [1.165, 1.54) is 0 Å². The molecular weight excluding hydrogens is 342 g/mol. The Labute approximate surface area is 158 Å². The SMILES string of the molecule is CCCN(Cc1nccn1C)C(=O)c1cccc(-c2nccc(OC)n2)c1. The van der Waals surface area contributed by atoms with Crippen LogP contribution in [0.3, 0.4) is 0 Å². The Morgan fingerprint density at radius 3 is 2.78 bits per heavy atom. The van der Waals surface area contributed by atoms with Gasteiger partial charge in [0.05, 0.1) is 13.7 Å². The lowest BCUT2D eigenvalue weighted by Crippen LogP contribution is -2.32. The molecule has 140 valence electrons. The number of ether oxygens (including phenoxy) is 1. The summed E-state index contributed by atoms with van der Waals surface area (Å²) in [5.74, 6) is 1.82. The number of aryl methyl sites for hydroxylation is 1. The lowest BCUT2D eigenvalue weighted by Gasteiger charge is -2.22. The van der Waals surface area contributed by atoms with E-state index in [0.29, 0.717) is 30.4 Å². The summed E-state index contributed by atoms with van der Waals surface area (Å²) in [6.45, 7) is 3.18. The zero-order chi connectivity index (χ0) is 19.2. The highest BCUT2D eigenvalue weighted by atomic mass is 16.5. The van der Waals surface area contributed by atoms with Gasteiger partial charge in [-0.15, -0.1) is 0 Å². The molecule has 0 N–H and O–H groups in total. The molecule has 1 aromatic carbocycles. The Morgan fingerprint density at radius 2 is 2.07 bits per heavy atom. The third kappa shape index (κ3) is 4.31.